The van der Waals surface area contributed by atoms with Crippen LogP contribution in [0.1, 0.15) is 17.3 Å². The Hall–Kier alpha value is -2.87. The number of piperazine rings is 1. The molecule has 0 radical (unpaired) electrons. The summed E-state index contributed by atoms with van der Waals surface area (Å²) in [6.07, 6.45) is 3.48. The van der Waals surface area contributed by atoms with Crippen molar-refractivity contribution in [1.29, 1.82) is 0 Å². The maximum Gasteiger partial charge on any atom is 0.225 e. The molecule has 1 aliphatic heterocycles. The molecule has 8 nitrogen and oxygen atoms in total. The van der Waals surface area contributed by atoms with Crippen LogP contribution in [0.4, 0.5) is 5.95 Å². The van der Waals surface area contributed by atoms with Crippen molar-refractivity contribution in [2.45, 2.75) is 13.0 Å². The molecule has 1 aromatic heterocycles. The van der Waals surface area contributed by atoms with E-state index in [-0.39, 0.29) is 11.8 Å². The van der Waals surface area contributed by atoms with Crippen molar-refractivity contribution in [2.24, 2.45) is 0 Å². The standard InChI is InChI=1S/C20H26N4O4/c1-14(23-8-10-24(11-9-23)20-21-6-5-7-22-20)18(25)15-12-16(26-2)19(28-4)17(13-15)27-3/h5-7,12-14H,8-11H2,1-4H3. The zero-order valence-electron chi connectivity index (χ0n) is 16.7. The van der Waals surface area contributed by atoms with Gasteiger partial charge >= 0.3 is 0 Å². The molecule has 0 aliphatic carbocycles. The van der Waals surface area contributed by atoms with Gasteiger partial charge in [0, 0.05) is 44.1 Å². The van der Waals surface area contributed by atoms with E-state index in [9.17, 15) is 4.79 Å². The first-order chi connectivity index (χ1) is 13.6. The summed E-state index contributed by atoms with van der Waals surface area (Å²) in [5.74, 6) is 2.17. The highest BCUT2D eigenvalue weighted by Crippen LogP contribution is 2.38. The highest BCUT2D eigenvalue weighted by atomic mass is 16.5. The lowest BCUT2D eigenvalue weighted by molar-refractivity contribution is 0.0828. The van der Waals surface area contributed by atoms with E-state index in [0.717, 1.165) is 32.1 Å². The van der Waals surface area contributed by atoms with Gasteiger partial charge in [-0.15, -0.1) is 0 Å². The number of Topliss-reactive ketones (excluding diaryl/α,β-unsaturated/α-hetero) is 1. The van der Waals surface area contributed by atoms with E-state index in [2.05, 4.69) is 19.8 Å². The molecule has 150 valence electrons. The van der Waals surface area contributed by atoms with Crippen LogP contribution in [0.2, 0.25) is 0 Å². The first kappa shape index (κ1) is 19.9. The van der Waals surface area contributed by atoms with Crippen LogP contribution in [0.3, 0.4) is 0 Å². The number of hydrogen-bond donors (Lipinski definition) is 0. The summed E-state index contributed by atoms with van der Waals surface area (Å²) in [4.78, 5) is 26.0. The molecule has 0 saturated carbocycles. The molecule has 28 heavy (non-hydrogen) atoms. The molecule has 1 aliphatic rings. The summed E-state index contributed by atoms with van der Waals surface area (Å²) < 4.78 is 16.1. The van der Waals surface area contributed by atoms with Gasteiger partial charge in [-0.2, -0.15) is 0 Å². The summed E-state index contributed by atoms with van der Waals surface area (Å²) >= 11 is 0. The fourth-order valence-corrected chi connectivity index (χ4v) is 3.39. The Morgan fingerprint density at radius 2 is 1.54 bits per heavy atom. The predicted octanol–water partition coefficient (Wildman–Crippen LogP) is 1.90. The number of ketones is 1. The van der Waals surface area contributed by atoms with Gasteiger partial charge in [0.15, 0.2) is 17.3 Å². The number of rotatable bonds is 7. The number of hydrogen-bond acceptors (Lipinski definition) is 8. The maximum absolute atomic E-state index is 13.1. The molecule has 1 fully saturated rings. The zero-order valence-corrected chi connectivity index (χ0v) is 16.7. The van der Waals surface area contributed by atoms with E-state index < -0.39 is 0 Å². The molecule has 1 aromatic carbocycles. The Labute approximate surface area is 165 Å². The normalized spacial score (nSPS) is 15.8. The maximum atomic E-state index is 13.1. The van der Waals surface area contributed by atoms with Crippen molar-refractivity contribution >= 4 is 11.7 Å². The minimum Gasteiger partial charge on any atom is -0.493 e. The second-order valence-electron chi connectivity index (χ2n) is 6.53. The average Bonchev–Trinajstić information content (AvgIpc) is 2.77. The van der Waals surface area contributed by atoms with Crippen LogP contribution in [0.25, 0.3) is 0 Å². The first-order valence-electron chi connectivity index (χ1n) is 9.19. The molecule has 2 aromatic rings. The molecule has 1 unspecified atom stereocenters. The average molecular weight is 386 g/mol. The number of ether oxygens (including phenoxy) is 3. The minimum absolute atomic E-state index is 0.0173. The van der Waals surface area contributed by atoms with Gasteiger partial charge in [-0.1, -0.05) is 0 Å². The third-order valence-electron chi connectivity index (χ3n) is 5.03. The van der Waals surface area contributed by atoms with E-state index in [1.54, 1.807) is 51.9 Å². The number of benzene rings is 1. The SMILES string of the molecule is COc1cc(C(=O)C(C)N2CCN(c3ncccn3)CC2)cc(OC)c1OC. The number of methoxy groups -OCH3 is 3. The van der Waals surface area contributed by atoms with Crippen LogP contribution in [0.5, 0.6) is 17.2 Å². The molecular weight excluding hydrogens is 360 g/mol. The van der Waals surface area contributed by atoms with Crippen LogP contribution in [0, 0.1) is 0 Å². The van der Waals surface area contributed by atoms with Crippen LogP contribution in [-0.2, 0) is 0 Å². The molecular formula is C20H26N4O4. The summed E-state index contributed by atoms with van der Waals surface area (Å²) in [5.41, 5.74) is 0.538. The van der Waals surface area contributed by atoms with Crippen LogP contribution in [0.15, 0.2) is 30.6 Å². The highest BCUT2D eigenvalue weighted by Gasteiger charge is 2.28. The second-order valence-corrected chi connectivity index (χ2v) is 6.53. The predicted molar refractivity (Wildman–Crippen MR) is 106 cm³/mol. The van der Waals surface area contributed by atoms with Gasteiger partial charge in [-0.25, -0.2) is 9.97 Å². The fourth-order valence-electron chi connectivity index (χ4n) is 3.39. The molecule has 1 saturated heterocycles. The van der Waals surface area contributed by atoms with Crippen LogP contribution in [-0.4, -0.2) is 74.2 Å². The molecule has 0 N–H and O–H groups in total. The van der Waals surface area contributed by atoms with Gasteiger partial charge in [-0.3, -0.25) is 9.69 Å². The van der Waals surface area contributed by atoms with Crippen LogP contribution >= 0.6 is 0 Å². The lowest BCUT2D eigenvalue weighted by Gasteiger charge is -2.37. The number of aromatic nitrogens is 2. The molecule has 3 rings (SSSR count). The molecule has 8 heteroatoms. The third-order valence-corrected chi connectivity index (χ3v) is 5.03. The highest BCUT2D eigenvalue weighted by molar-refractivity contribution is 6.01. The number of nitrogens with zero attached hydrogens (tertiary/aromatic N) is 4. The number of carbonyl (C=O) groups is 1. The minimum atomic E-state index is -0.262. The first-order valence-corrected chi connectivity index (χ1v) is 9.19. The molecule has 0 amide bonds. The molecule has 2 heterocycles. The van der Waals surface area contributed by atoms with E-state index in [0.29, 0.717) is 22.8 Å². The van der Waals surface area contributed by atoms with E-state index in [4.69, 9.17) is 14.2 Å². The van der Waals surface area contributed by atoms with Crippen molar-refractivity contribution in [3.8, 4) is 17.2 Å². The summed E-state index contributed by atoms with van der Waals surface area (Å²) in [6.45, 7) is 5.00. The number of carbonyl (C=O) groups excluding carboxylic acids is 1. The Kier molecular flexibility index (Phi) is 6.30. The van der Waals surface area contributed by atoms with Gasteiger partial charge in [0.25, 0.3) is 0 Å². The second kappa shape index (κ2) is 8.88. The monoisotopic (exact) mass is 386 g/mol. The third kappa shape index (κ3) is 4.01. The van der Waals surface area contributed by atoms with Crippen molar-refractivity contribution in [2.75, 3.05) is 52.4 Å². The summed E-state index contributed by atoms with van der Waals surface area (Å²) in [7, 11) is 4.63. The van der Waals surface area contributed by atoms with E-state index >= 15 is 0 Å². The smallest absolute Gasteiger partial charge is 0.225 e. The van der Waals surface area contributed by atoms with Crippen molar-refractivity contribution in [3.63, 3.8) is 0 Å². The summed E-state index contributed by atoms with van der Waals surface area (Å²) in [5, 5.41) is 0. The number of anilines is 1. The van der Waals surface area contributed by atoms with Gasteiger partial charge in [0.05, 0.1) is 27.4 Å². The fraction of sp³-hybridized carbons (Fsp3) is 0.450. The van der Waals surface area contributed by atoms with E-state index in [1.807, 2.05) is 6.92 Å². The van der Waals surface area contributed by atoms with Gasteiger partial charge in [0.2, 0.25) is 11.7 Å². The van der Waals surface area contributed by atoms with Crippen molar-refractivity contribution in [3.05, 3.63) is 36.2 Å². The van der Waals surface area contributed by atoms with Gasteiger partial charge < -0.3 is 19.1 Å². The Morgan fingerprint density at radius 1 is 0.964 bits per heavy atom. The molecule has 0 spiro atoms. The van der Waals surface area contributed by atoms with Gasteiger partial charge in [-0.05, 0) is 25.1 Å². The Bertz CT molecular complexity index is 782. The lowest BCUT2D eigenvalue weighted by atomic mass is 10.0. The Balaban J connectivity index is 1.71. The topological polar surface area (TPSA) is 77.0 Å². The van der Waals surface area contributed by atoms with Crippen molar-refractivity contribution in [1.82, 2.24) is 14.9 Å². The largest absolute Gasteiger partial charge is 0.493 e. The molecule has 1 atom stereocenters. The molecule has 0 bridgehead atoms. The Morgan fingerprint density at radius 3 is 2.04 bits per heavy atom. The van der Waals surface area contributed by atoms with Crippen LogP contribution < -0.4 is 19.1 Å². The zero-order chi connectivity index (χ0) is 20.1. The quantitative estimate of drug-likeness (QED) is 0.668. The summed E-state index contributed by atoms with van der Waals surface area (Å²) in [6, 6.07) is 4.95. The lowest BCUT2D eigenvalue weighted by Crippen LogP contribution is -2.52. The van der Waals surface area contributed by atoms with E-state index in [1.165, 1.54) is 0 Å². The van der Waals surface area contributed by atoms with Crippen molar-refractivity contribution < 1.29 is 19.0 Å². The van der Waals surface area contributed by atoms with Gasteiger partial charge in [0.1, 0.15) is 0 Å².